The van der Waals surface area contributed by atoms with Crippen LogP contribution in [0.2, 0.25) is 0 Å². The highest BCUT2D eigenvalue weighted by Crippen LogP contribution is 2.36. The zero-order chi connectivity index (χ0) is 12.9. The van der Waals surface area contributed by atoms with E-state index in [1.165, 1.54) is 30.5 Å². The van der Waals surface area contributed by atoms with Gasteiger partial charge in [0.25, 0.3) is 0 Å². The molecule has 0 saturated heterocycles. The van der Waals surface area contributed by atoms with E-state index >= 15 is 0 Å². The maximum absolute atomic E-state index is 12.0. The first-order valence-electron chi connectivity index (χ1n) is 4.34. The van der Waals surface area contributed by atoms with Crippen LogP contribution in [0.25, 0.3) is 0 Å². The minimum Gasteiger partial charge on any atom is -0.369 e. The molecule has 0 bridgehead atoms. The van der Waals surface area contributed by atoms with Crippen molar-refractivity contribution >= 4 is 23.9 Å². The number of nitrogens with two attached hydrogens (primary N) is 2. The van der Waals surface area contributed by atoms with E-state index in [1.807, 2.05) is 0 Å². The summed E-state index contributed by atoms with van der Waals surface area (Å²) in [5.41, 5.74) is 6.39. The molecule has 1 aromatic rings. The van der Waals surface area contributed by atoms with Crippen molar-refractivity contribution in [3.8, 4) is 0 Å². The van der Waals surface area contributed by atoms with Gasteiger partial charge < -0.3 is 11.5 Å². The Labute approximate surface area is 99.6 Å². The van der Waals surface area contributed by atoms with Crippen LogP contribution in [0.1, 0.15) is 5.56 Å². The number of rotatable bonds is 3. The third-order valence-corrected chi connectivity index (χ3v) is 2.23. The summed E-state index contributed by atoms with van der Waals surface area (Å²) in [7, 11) is 0. The lowest BCUT2D eigenvalue weighted by atomic mass is 10.2. The van der Waals surface area contributed by atoms with Gasteiger partial charge in [-0.3, -0.25) is 0 Å². The van der Waals surface area contributed by atoms with E-state index in [9.17, 15) is 13.2 Å². The van der Waals surface area contributed by atoms with Crippen LogP contribution in [0.5, 0.6) is 0 Å². The van der Waals surface area contributed by atoms with Crippen molar-refractivity contribution in [3.05, 3.63) is 29.8 Å². The highest BCUT2D eigenvalue weighted by atomic mass is 32.2. The average Bonchev–Trinajstić information content (AvgIpc) is 2.18. The topological polar surface area (TPSA) is 76.8 Å². The summed E-state index contributed by atoms with van der Waals surface area (Å²) in [6.07, 6.45) is 1.34. The molecule has 0 unspecified atom stereocenters. The molecule has 1 rings (SSSR count). The van der Waals surface area contributed by atoms with Crippen LogP contribution < -0.4 is 11.5 Å². The van der Waals surface area contributed by atoms with Crippen LogP contribution in [0.3, 0.4) is 0 Å². The molecule has 92 valence electrons. The summed E-state index contributed by atoms with van der Waals surface area (Å²) in [5, 5.41) is 6.89. The highest BCUT2D eigenvalue weighted by Gasteiger charge is 2.28. The summed E-state index contributed by atoms with van der Waals surface area (Å²) in [6, 6.07) is 5.66. The van der Waals surface area contributed by atoms with Crippen molar-refractivity contribution in [1.29, 1.82) is 0 Å². The molecule has 0 heterocycles. The lowest BCUT2D eigenvalue weighted by Crippen LogP contribution is -2.21. The molecule has 0 aliphatic rings. The smallest absolute Gasteiger partial charge is 0.369 e. The molecule has 8 heteroatoms. The van der Waals surface area contributed by atoms with Gasteiger partial charge in [-0.2, -0.15) is 18.3 Å². The van der Waals surface area contributed by atoms with Gasteiger partial charge in [-0.15, -0.1) is 5.10 Å². The molecule has 0 radical (unpaired) electrons. The summed E-state index contributed by atoms with van der Waals surface area (Å²) < 4.78 is 36.1. The van der Waals surface area contributed by atoms with Gasteiger partial charge in [0.15, 0.2) is 0 Å². The van der Waals surface area contributed by atoms with E-state index in [-0.39, 0.29) is 22.6 Å². The van der Waals surface area contributed by atoms with Gasteiger partial charge in [0.1, 0.15) is 0 Å². The molecular formula is C9H9F3N4S. The summed E-state index contributed by atoms with van der Waals surface area (Å²) in [5.74, 6) is -0.189. The second-order valence-corrected chi connectivity index (χ2v) is 4.02. The van der Waals surface area contributed by atoms with Crippen molar-refractivity contribution < 1.29 is 13.2 Å². The second-order valence-electron chi connectivity index (χ2n) is 2.89. The number of alkyl halides is 3. The van der Waals surface area contributed by atoms with Crippen LogP contribution in [0.4, 0.5) is 13.2 Å². The third-order valence-electron chi connectivity index (χ3n) is 1.49. The molecule has 0 aliphatic carbocycles. The first-order valence-corrected chi connectivity index (χ1v) is 5.16. The lowest BCUT2D eigenvalue weighted by molar-refractivity contribution is -0.0328. The molecule has 1 aromatic carbocycles. The predicted molar refractivity (Wildman–Crippen MR) is 61.8 cm³/mol. The van der Waals surface area contributed by atoms with Crippen molar-refractivity contribution in [3.63, 3.8) is 0 Å². The molecule has 4 N–H and O–H groups in total. The van der Waals surface area contributed by atoms with Gasteiger partial charge in [0, 0.05) is 4.90 Å². The monoisotopic (exact) mass is 262 g/mol. The lowest BCUT2D eigenvalue weighted by Gasteiger charge is -2.04. The Morgan fingerprint density at radius 3 is 2.24 bits per heavy atom. The quantitative estimate of drug-likeness (QED) is 0.378. The number of hydrogen-bond donors (Lipinski definition) is 2. The molecular weight excluding hydrogens is 253 g/mol. The Kier molecular flexibility index (Phi) is 4.38. The SMILES string of the molecule is NC(N)=NN=Cc1ccc(SC(F)(F)F)cc1. The molecule has 0 saturated carbocycles. The third kappa shape index (κ3) is 5.81. The average molecular weight is 262 g/mol. The number of thioether (sulfide) groups is 1. The summed E-state index contributed by atoms with van der Waals surface area (Å²) >= 11 is -0.174. The molecule has 0 spiro atoms. The highest BCUT2D eigenvalue weighted by molar-refractivity contribution is 8.00. The van der Waals surface area contributed by atoms with Crippen molar-refractivity contribution in [2.24, 2.45) is 21.7 Å². The predicted octanol–water partition coefficient (Wildman–Crippen LogP) is 1.91. The van der Waals surface area contributed by atoms with Gasteiger partial charge in [-0.05, 0) is 29.5 Å². The Bertz CT molecular complexity index is 421. The fraction of sp³-hybridized carbons (Fsp3) is 0.111. The first kappa shape index (κ1) is 13.4. The standard InChI is InChI=1S/C9H9F3N4S/c10-9(11,12)17-7-3-1-6(2-4-7)5-15-16-8(13)14/h1-5H,(H4,13,14,16). The fourth-order valence-corrected chi connectivity index (χ4v) is 1.46. The molecule has 4 nitrogen and oxygen atoms in total. The van der Waals surface area contributed by atoms with Crippen molar-refractivity contribution in [2.45, 2.75) is 10.4 Å². The normalized spacial score (nSPS) is 11.7. The molecule has 0 aromatic heterocycles. The van der Waals surface area contributed by atoms with E-state index in [0.29, 0.717) is 5.56 Å². The van der Waals surface area contributed by atoms with Crippen LogP contribution in [-0.4, -0.2) is 17.7 Å². The molecule has 0 fully saturated rings. The Hall–Kier alpha value is -1.70. The van der Waals surface area contributed by atoms with E-state index in [0.717, 1.165) is 0 Å². The van der Waals surface area contributed by atoms with E-state index < -0.39 is 5.51 Å². The van der Waals surface area contributed by atoms with Gasteiger partial charge >= 0.3 is 5.51 Å². The molecule has 0 amide bonds. The van der Waals surface area contributed by atoms with Gasteiger partial charge in [-0.1, -0.05) is 12.1 Å². The Balaban J connectivity index is 2.69. The maximum Gasteiger partial charge on any atom is 0.446 e. The van der Waals surface area contributed by atoms with E-state index in [4.69, 9.17) is 11.5 Å². The number of halogens is 3. The number of nitrogens with zero attached hydrogens (tertiary/aromatic N) is 2. The number of hydrogen-bond acceptors (Lipinski definition) is 3. The van der Waals surface area contributed by atoms with Crippen molar-refractivity contribution in [2.75, 3.05) is 0 Å². The molecule has 0 atom stereocenters. The summed E-state index contributed by atoms with van der Waals surface area (Å²) in [4.78, 5) is 0.108. The minimum absolute atomic E-state index is 0.108. The van der Waals surface area contributed by atoms with E-state index in [2.05, 4.69) is 10.2 Å². The van der Waals surface area contributed by atoms with Gasteiger partial charge in [-0.25, -0.2) is 0 Å². The Morgan fingerprint density at radius 1 is 1.18 bits per heavy atom. The van der Waals surface area contributed by atoms with E-state index in [1.54, 1.807) is 0 Å². The van der Waals surface area contributed by atoms with Crippen LogP contribution in [0.15, 0.2) is 39.4 Å². The molecule has 0 aliphatic heterocycles. The zero-order valence-corrected chi connectivity index (χ0v) is 9.29. The largest absolute Gasteiger partial charge is 0.446 e. The number of benzene rings is 1. The van der Waals surface area contributed by atoms with Gasteiger partial charge in [0.2, 0.25) is 5.96 Å². The summed E-state index contributed by atoms with van der Waals surface area (Å²) in [6.45, 7) is 0. The minimum atomic E-state index is -4.28. The fourth-order valence-electron chi connectivity index (χ4n) is 0.918. The van der Waals surface area contributed by atoms with Crippen LogP contribution in [-0.2, 0) is 0 Å². The second kappa shape index (κ2) is 5.58. The van der Waals surface area contributed by atoms with Crippen molar-refractivity contribution in [1.82, 2.24) is 0 Å². The Morgan fingerprint density at radius 2 is 1.76 bits per heavy atom. The molecule has 17 heavy (non-hydrogen) atoms. The first-order chi connectivity index (χ1) is 7.87. The number of guanidine groups is 1. The maximum atomic E-state index is 12.0. The van der Waals surface area contributed by atoms with Crippen LogP contribution >= 0.6 is 11.8 Å². The van der Waals surface area contributed by atoms with Gasteiger partial charge in [0.05, 0.1) is 6.21 Å². The zero-order valence-electron chi connectivity index (χ0n) is 8.48. The van der Waals surface area contributed by atoms with Crippen LogP contribution in [0, 0.1) is 0 Å².